The largest absolute Gasteiger partial charge is 0.416 e. The van der Waals surface area contributed by atoms with Gasteiger partial charge in [0, 0.05) is 5.56 Å². The van der Waals surface area contributed by atoms with Crippen LogP contribution in [0.25, 0.3) is 0 Å². The Morgan fingerprint density at radius 3 is 2.08 bits per heavy atom. The van der Waals surface area contributed by atoms with Crippen LogP contribution in [0.1, 0.15) is 17.5 Å². The van der Waals surface area contributed by atoms with Gasteiger partial charge in [-0.05, 0) is 6.07 Å². The smallest absolute Gasteiger partial charge is 0.207 e. The quantitative estimate of drug-likeness (QED) is 0.610. The minimum Gasteiger partial charge on any atom is -0.207 e. The van der Waals surface area contributed by atoms with Crippen LogP contribution in [0.3, 0.4) is 0 Å². The van der Waals surface area contributed by atoms with E-state index >= 15 is 0 Å². The lowest BCUT2D eigenvalue weighted by atomic mass is 10.1. The van der Waals surface area contributed by atoms with E-state index in [1.54, 1.807) is 0 Å². The van der Waals surface area contributed by atoms with Gasteiger partial charge in [0.25, 0.3) is 6.36 Å². The van der Waals surface area contributed by atoms with Gasteiger partial charge in [-0.1, -0.05) is 18.2 Å². The van der Waals surface area contributed by atoms with E-state index in [0.717, 1.165) is 12.1 Å². The molecule has 1 atom stereocenters. The van der Waals surface area contributed by atoms with Gasteiger partial charge >= 0.3 is 6.18 Å². The molecule has 13 heavy (non-hydrogen) atoms. The van der Waals surface area contributed by atoms with E-state index in [-0.39, 0.29) is 0 Å². The molecule has 0 spiro atoms. The SMILES string of the molecule is [O]C(F)c1ccccc1C(F)(F)F. The Morgan fingerprint density at radius 1 is 1.15 bits per heavy atom. The van der Waals surface area contributed by atoms with Crippen molar-refractivity contribution in [2.75, 3.05) is 0 Å². The maximum absolute atomic E-state index is 12.2. The monoisotopic (exact) mass is 193 g/mol. The van der Waals surface area contributed by atoms with Crippen molar-refractivity contribution in [2.24, 2.45) is 0 Å². The van der Waals surface area contributed by atoms with Gasteiger partial charge in [-0.25, -0.2) is 4.39 Å². The van der Waals surface area contributed by atoms with E-state index in [1.165, 1.54) is 6.07 Å². The van der Waals surface area contributed by atoms with E-state index in [1.807, 2.05) is 0 Å². The first-order valence-electron chi connectivity index (χ1n) is 3.39. The second-order valence-electron chi connectivity index (χ2n) is 2.40. The zero-order valence-electron chi connectivity index (χ0n) is 6.31. The summed E-state index contributed by atoms with van der Waals surface area (Å²) in [6.45, 7) is 0. The molecule has 1 aromatic rings. The molecule has 0 amide bonds. The highest BCUT2D eigenvalue weighted by molar-refractivity contribution is 5.30. The zero-order chi connectivity index (χ0) is 10.1. The summed E-state index contributed by atoms with van der Waals surface area (Å²) in [5.74, 6) is 0. The molecule has 0 bridgehead atoms. The Balaban J connectivity index is 3.20. The maximum Gasteiger partial charge on any atom is 0.416 e. The fourth-order valence-electron chi connectivity index (χ4n) is 0.953. The Bertz CT molecular complexity index is 292. The normalized spacial score (nSPS) is 14.2. The minimum atomic E-state index is -4.68. The molecule has 1 nitrogen and oxygen atoms in total. The fourth-order valence-corrected chi connectivity index (χ4v) is 0.953. The predicted octanol–water partition coefficient (Wildman–Crippen LogP) is 3.10. The average Bonchev–Trinajstić information content (AvgIpc) is 2.03. The fraction of sp³-hybridized carbons (Fsp3) is 0.250. The van der Waals surface area contributed by atoms with Gasteiger partial charge in [-0.15, -0.1) is 0 Å². The standard InChI is InChI=1S/C8H5F4O/c9-7(13)5-3-1-2-4-6(5)8(10,11)12/h1-4,7H. The molecule has 0 N–H and O–H groups in total. The third kappa shape index (κ3) is 2.18. The predicted molar refractivity (Wildman–Crippen MR) is 36.0 cm³/mol. The first-order chi connectivity index (χ1) is 5.93. The van der Waals surface area contributed by atoms with Crippen molar-refractivity contribution in [3.05, 3.63) is 35.4 Å². The first kappa shape index (κ1) is 9.98. The van der Waals surface area contributed by atoms with Crippen LogP contribution >= 0.6 is 0 Å². The van der Waals surface area contributed by atoms with Gasteiger partial charge in [0.05, 0.1) is 5.56 Å². The highest BCUT2D eigenvalue weighted by atomic mass is 19.4. The van der Waals surface area contributed by atoms with Crippen molar-refractivity contribution in [2.45, 2.75) is 12.5 Å². The number of hydrogen-bond acceptors (Lipinski definition) is 0. The van der Waals surface area contributed by atoms with E-state index in [2.05, 4.69) is 0 Å². The second-order valence-corrected chi connectivity index (χ2v) is 2.40. The first-order valence-corrected chi connectivity index (χ1v) is 3.39. The van der Waals surface area contributed by atoms with Crippen LogP contribution < -0.4 is 0 Å². The Kier molecular flexibility index (Phi) is 2.56. The van der Waals surface area contributed by atoms with Crippen LogP contribution in [0.2, 0.25) is 0 Å². The van der Waals surface area contributed by atoms with Crippen molar-refractivity contribution in [1.82, 2.24) is 0 Å². The van der Waals surface area contributed by atoms with Crippen LogP contribution in [0.15, 0.2) is 24.3 Å². The Hall–Kier alpha value is -1.10. The third-order valence-corrected chi connectivity index (χ3v) is 1.51. The van der Waals surface area contributed by atoms with Crippen molar-refractivity contribution in [3.8, 4) is 0 Å². The minimum absolute atomic E-state index is 0.680. The molecule has 0 heterocycles. The molecule has 0 saturated carbocycles. The molecule has 5 heteroatoms. The lowest BCUT2D eigenvalue weighted by molar-refractivity contribution is -0.141. The van der Waals surface area contributed by atoms with Crippen LogP contribution in [0.5, 0.6) is 0 Å². The molecule has 1 rings (SSSR count). The summed E-state index contributed by atoms with van der Waals surface area (Å²) in [5, 5.41) is 10.2. The molecule has 1 radical (unpaired) electrons. The topological polar surface area (TPSA) is 19.9 Å². The molecular formula is C8H5F4O. The number of halogens is 4. The van der Waals surface area contributed by atoms with E-state index in [9.17, 15) is 22.7 Å². The van der Waals surface area contributed by atoms with E-state index in [4.69, 9.17) is 0 Å². The molecule has 71 valence electrons. The van der Waals surface area contributed by atoms with Crippen LogP contribution in [-0.4, -0.2) is 0 Å². The molecule has 0 fully saturated rings. The lowest BCUT2D eigenvalue weighted by Crippen LogP contribution is -2.09. The van der Waals surface area contributed by atoms with Gasteiger partial charge in [-0.3, -0.25) is 0 Å². The highest BCUT2D eigenvalue weighted by Crippen LogP contribution is 2.34. The van der Waals surface area contributed by atoms with Gasteiger partial charge in [-0.2, -0.15) is 18.3 Å². The molecule has 0 saturated heterocycles. The summed E-state index contributed by atoms with van der Waals surface area (Å²) in [7, 11) is 0. The maximum atomic E-state index is 12.2. The molecule has 1 unspecified atom stereocenters. The summed E-state index contributed by atoms with van der Waals surface area (Å²) >= 11 is 0. The number of rotatable bonds is 1. The summed E-state index contributed by atoms with van der Waals surface area (Å²) in [6, 6.07) is 3.81. The molecule has 0 aliphatic rings. The molecule has 0 aliphatic heterocycles. The van der Waals surface area contributed by atoms with Gasteiger partial charge in [0.1, 0.15) is 0 Å². The van der Waals surface area contributed by atoms with Crippen molar-refractivity contribution in [1.29, 1.82) is 0 Å². The van der Waals surface area contributed by atoms with Crippen LogP contribution in [-0.2, 0) is 11.3 Å². The molecule has 1 aromatic carbocycles. The Labute approximate surface area is 71.6 Å². The zero-order valence-corrected chi connectivity index (χ0v) is 6.31. The average molecular weight is 193 g/mol. The summed E-state index contributed by atoms with van der Waals surface area (Å²) in [5.41, 5.74) is -2.08. The Morgan fingerprint density at radius 2 is 1.69 bits per heavy atom. The second kappa shape index (κ2) is 3.33. The highest BCUT2D eigenvalue weighted by Gasteiger charge is 2.34. The van der Waals surface area contributed by atoms with E-state index in [0.29, 0.717) is 6.07 Å². The van der Waals surface area contributed by atoms with Crippen LogP contribution in [0, 0.1) is 0 Å². The van der Waals surface area contributed by atoms with Gasteiger partial charge in [0.15, 0.2) is 0 Å². The van der Waals surface area contributed by atoms with Crippen molar-refractivity contribution < 1.29 is 22.7 Å². The molecule has 0 aliphatic carbocycles. The number of alkyl halides is 4. The van der Waals surface area contributed by atoms with Crippen molar-refractivity contribution >= 4 is 0 Å². The molecule has 0 aromatic heterocycles. The van der Waals surface area contributed by atoms with E-state index < -0.39 is 23.7 Å². The number of benzene rings is 1. The summed E-state index contributed by atoms with van der Waals surface area (Å²) < 4.78 is 48.5. The molecular weight excluding hydrogens is 188 g/mol. The van der Waals surface area contributed by atoms with Crippen molar-refractivity contribution in [3.63, 3.8) is 0 Å². The van der Waals surface area contributed by atoms with Gasteiger partial charge in [0.2, 0.25) is 0 Å². The van der Waals surface area contributed by atoms with Crippen LogP contribution in [0.4, 0.5) is 17.6 Å². The third-order valence-electron chi connectivity index (χ3n) is 1.51. The lowest BCUT2D eigenvalue weighted by Gasteiger charge is -2.11. The summed E-state index contributed by atoms with van der Waals surface area (Å²) in [6.07, 6.45) is -7.52. The van der Waals surface area contributed by atoms with Gasteiger partial charge < -0.3 is 0 Å². The number of hydrogen-bond donors (Lipinski definition) is 0. The summed E-state index contributed by atoms with van der Waals surface area (Å²) in [4.78, 5) is 0.